The molecule has 4 aromatic carbocycles. The number of halogens is 3. The number of hydrogen-bond acceptors (Lipinski definition) is 4. The highest BCUT2D eigenvalue weighted by Crippen LogP contribution is 2.29. The van der Waals surface area contributed by atoms with Crippen molar-refractivity contribution in [2.45, 2.75) is 50.9 Å². The fraction of sp³-hybridized carbons (Fsp3) is 0.212. The van der Waals surface area contributed by atoms with Crippen molar-refractivity contribution in [3.05, 3.63) is 118 Å². The van der Waals surface area contributed by atoms with Crippen molar-refractivity contribution in [1.82, 2.24) is 10.0 Å². The van der Waals surface area contributed by atoms with Crippen LogP contribution in [0.25, 0.3) is 11.1 Å². The highest BCUT2D eigenvalue weighted by molar-refractivity contribution is 7.89. The lowest BCUT2D eigenvalue weighted by Gasteiger charge is -2.18. The molecule has 0 saturated heterocycles. The predicted molar refractivity (Wildman–Crippen MR) is 165 cm³/mol. The smallest absolute Gasteiger partial charge is 0.416 e. The van der Waals surface area contributed by atoms with Crippen LogP contribution >= 0.6 is 0 Å². The number of carboxylic acids is 1. The molecule has 0 aliphatic rings. The minimum absolute atomic E-state index is 0.0306. The van der Waals surface area contributed by atoms with Crippen LogP contribution < -0.4 is 15.4 Å². The molecule has 12 heteroatoms. The van der Waals surface area contributed by atoms with E-state index in [4.69, 9.17) is 0 Å². The average molecular weight is 640 g/mol. The maximum Gasteiger partial charge on any atom is 0.416 e. The first kappa shape index (κ1) is 33.2. The number of aryl methyl sites for hydroxylation is 3. The first-order chi connectivity index (χ1) is 21.1. The SMILES string of the molecule is Cc1cc(C)c(S(=O)(=O)N[C@@H](Cc2ccc(-c3cccc(NC(=O)NCc4ccc(C(F)(F)F)cc4)c3)cc2)C(=O)O)c(C)c1. The van der Waals surface area contributed by atoms with E-state index in [0.29, 0.717) is 27.9 Å². The maximum absolute atomic E-state index is 13.1. The van der Waals surface area contributed by atoms with E-state index in [2.05, 4.69) is 15.4 Å². The van der Waals surface area contributed by atoms with Gasteiger partial charge in [-0.2, -0.15) is 17.9 Å². The molecule has 4 aromatic rings. The number of carboxylic acid groups (broad SMARTS) is 1. The molecule has 4 rings (SSSR count). The number of nitrogens with one attached hydrogen (secondary N) is 3. The number of rotatable bonds is 10. The number of benzene rings is 4. The Morgan fingerprint density at radius 3 is 2.00 bits per heavy atom. The third-order valence-corrected chi connectivity index (χ3v) is 8.83. The molecule has 45 heavy (non-hydrogen) atoms. The van der Waals surface area contributed by atoms with Gasteiger partial charge in [-0.1, -0.05) is 66.2 Å². The van der Waals surface area contributed by atoms with Crippen LogP contribution in [0.5, 0.6) is 0 Å². The lowest BCUT2D eigenvalue weighted by molar-refractivity contribution is -0.139. The van der Waals surface area contributed by atoms with Crippen LogP contribution in [0.4, 0.5) is 23.7 Å². The van der Waals surface area contributed by atoms with Crippen molar-refractivity contribution < 1.29 is 36.3 Å². The molecule has 0 saturated carbocycles. The third kappa shape index (κ3) is 8.70. The summed E-state index contributed by atoms with van der Waals surface area (Å²) >= 11 is 0. The monoisotopic (exact) mass is 639 g/mol. The Balaban J connectivity index is 1.39. The number of sulfonamides is 1. The van der Waals surface area contributed by atoms with E-state index < -0.39 is 39.8 Å². The fourth-order valence-corrected chi connectivity index (χ4v) is 6.67. The summed E-state index contributed by atoms with van der Waals surface area (Å²) in [7, 11) is -4.11. The normalized spacial score (nSPS) is 12.4. The summed E-state index contributed by atoms with van der Waals surface area (Å²) in [4.78, 5) is 24.5. The van der Waals surface area contributed by atoms with Crippen LogP contribution in [0, 0.1) is 20.8 Å². The molecule has 0 unspecified atom stereocenters. The highest BCUT2D eigenvalue weighted by atomic mass is 32.2. The van der Waals surface area contributed by atoms with Crippen molar-refractivity contribution >= 4 is 27.7 Å². The molecular formula is C33H32F3N3O5S. The Kier molecular flexibility index (Phi) is 9.99. The van der Waals surface area contributed by atoms with E-state index >= 15 is 0 Å². The average Bonchev–Trinajstić information content (AvgIpc) is 2.95. The van der Waals surface area contributed by atoms with Crippen molar-refractivity contribution in [1.29, 1.82) is 0 Å². The first-order valence-electron chi connectivity index (χ1n) is 13.9. The predicted octanol–water partition coefficient (Wildman–Crippen LogP) is 6.59. The van der Waals surface area contributed by atoms with E-state index in [1.165, 1.54) is 12.1 Å². The van der Waals surface area contributed by atoms with Crippen LogP contribution in [0.2, 0.25) is 0 Å². The maximum atomic E-state index is 13.1. The fourth-order valence-electron chi connectivity index (χ4n) is 5.03. The quantitative estimate of drug-likeness (QED) is 0.156. The lowest BCUT2D eigenvalue weighted by Crippen LogP contribution is -2.42. The minimum Gasteiger partial charge on any atom is -0.480 e. The molecule has 0 aliphatic heterocycles. The summed E-state index contributed by atoms with van der Waals surface area (Å²) in [5, 5.41) is 15.1. The van der Waals surface area contributed by atoms with E-state index in [1.54, 1.807) is 68.4 Å². The Hall–Kier alpha value is -4.68. The molecule has 0 aliphatic carbocycles. The summed E-state index contributed by atoms with van der Waals surface area (Å²) in [6.07, 6.45) is -4.52. The summed E-state index contributed by atoms with van der Waals surface area (Å²) in [5.41, 5.74) is 4.30. The molecule has 0 heterocycles. The summed E-state index contributed by atoms with van der Waals surface area (Å²) in [6, 6.07) is 19.9. The summed E-state index contributed by atoms with van der Waals surface area (Å²) in [6.45, 7) is 5.22. The molecular weight excluding hydrogens is 607 g/mol. The molecule has 0 bridgehead atoms. The second-order valence-corrected chi connectivity index (χ2v) is 12.4. The molecule has 0 aromatic heterocycles. The zero-order valence-electron chi connectivity index (χ0n) is 24.7. The lowest BCUT2D eigenvalue weighted by atomic mass is 10.0. The third-order valence-electron chi connectivity index (χ3n) is 7.05. The number of aliphatic carboxylic acids is 1. The second-order valence-electron chi connectivity index (χ2n) is 10.7. The number of urea groups is 1. The van der Waals surface area contributed by atoms with Crippen molar-refractivity contribution in [2.24, 2.45) is 0 Å². The van der Waals surface area contributed by atoms with Gasteiger partial charge in [0.05, 0.1) is 10.5 Å². The van der Waals surface area contributed by atoms with Gasteiger partial charge in [0, 0.05) is 12.2 Å². The summed E-state index contributed by atoms with van der Waals surface area (Å²) < 4.78 is 66.9. The summed E-state index contributed by atoms with van der Waals surface area (Å²) in [5.74, 6) is -1.31. The van der Waals surface area contributed by atoms with Crippen LogP contribution in [0.1, 0.15) is 33.4 Å². The Bertz CT molecular complexity index is 1780. The van der Waals surface area contributed by atoms with Gasteiger partial charge < -0.3 is 15.7 Å². The van der Waals surface area contributed by atoms with Gasteiger partial charge >= 0.3 is 18.2 Å². The van der Waals surface area contributed by atoms with Gasteiger partial charge in [-0.3, -0.25) is 4.79 Å². The van der Waals surface area contributed by atoms with Gasteiger partial charge in [-0.15, -0.1) is 0 Å². The Morgan fingerprint density at radius 1 is 0.822 bits per heavy atom. The molecule has 8 nitrogen and oxygen atoms in total. The van der Waals surface area contributed by atoms with Crippen molar-refractivity contribution in [3.8, 4) is 11.1 Å². The largest absolute Gasteiger partial charge is 0.480 e. The number of anilines is 1. The minimum atomic E-state index is -4.43. The molecule has 1 atom stereocenters. The van der Waals surface area contributed by atoms with Gasteiger partial charge in [0.15, 0.2) is 0 Å². The number of hydrogen-bond donors (Lipinski definition) is 4. The number of amides is 2. The molecule has 236 valence electrons. The zero-order chi connectivity index (χ0) is 32.9. The van der Waals surface area contributed by atoms with E-state index in [9.17, 15) is 36.3 Å². The standard InChI is InChI=1S/C33H32F3N3O5S/c1-20-15-21(2)30(22(3)16-20)45(43,44)39-29(31(40)41)17-23-7-11-25(12-8-23)26-5-4-6-28(18-26)38-32(42)37-19-24-9-13-27(14-10-24)33(34,35)36/h4-16,18,29,39H,17,19H2,1-3H3,(H,40,41)(H2,37,38,42)/t29-/m0/s1. The first-order valence-corrected chi connectivity index (χ1v) is 15.3. The van der Waals surface area contributed by atoms with Crippen LogP contribution in [0.3, 0.4) is 0 Å². The Labute approximate surface area is 259 Å². The Morgan fingerprint density at radius 2 is 1.42 bits per heavy atom. The molecule has 2 amide bonds. The van der Waals surface area contributed by atoms with Gasteiger partial charge in [0.2, 0.25) is 10.0 Å². The van der Waals surface area contributed by atoms with Crippen LogP contribution in [0.15, 0.2) is 89.8 Å². The van der Waals surface area contributed by atoms with Crippen molar-refractivity contribution in [2.75, 3.05) is 5.32 Å². The van der Waals surface area contributed by atoms with E-state index in [1.807, 2.05) is 13.0 Å². The number of alkyl halides is 3. The zero-order valence-corrected chi connectivity index (χ0v) is 25.5. The second kappa shape index (κ2) is 13.5. The van der Waals surface area contributed by atoms with E-state index in [-0.39, 0.29) is 17.9 Å². The molecule has 0 fully saturated rings. The van der Waals surface area contributed by atoms with Gasteiger partial charge in [0.1, 0.15) is 6.04 Å². The molecule has 0 spiro atoms. The highest BCUT2D eigenvalue weighted by Gasteiger charge is 2.30. The van der Waals surface area contributed by atoms with E-state index in [0.717, 1.165) is 28.8 Å². The molecule has 0 radical (unpaired) electrons. The van der Waals surface area contributed by atoms with Gasteiger partial charge in [-0.05, 0) is 84.8 Å². The van der Waals surface area contributed by atoms with Crippen LogP contribution in [-0.4, -0.2) is 31.6 Å². The van der Waals surface area contributed by atoms with Gasteiger partial charge in [0.25, 0.3) is 0 Å². The molecule has 4 N–H and O–H groups in total. The van der Waals surface area contributed by atoms with Crippen LogP contribution in [-0.2, 0) is 34.0 Å². The van der Waals surface area contributed by atoms with Gasteiger partial charge in [-0.25, -0.2) is 13.2 Å². The van der Waals surface area contributed by atoms with Crippen molar-refractivity contribution in [3.63, 3.8) is 0 Å². The topological polar surface area (TPSA) is 125 Å². The number of carbonyl (C=O) groups is 2. The number of carbonyl (C=O) groups excluding carboxylic acids is 1.